The van der Waals surface area contributed by atoms with Crippen molar-refractivity contribution < 1.29 is 4.52 Å². The number of nitrogens with two attached hydrogens (primary N) is 1. The lowest BCUT2D eigenvalue weighted by atomic mass is 10.2. The minimum Gasteiger partial charge on any atom is -0.332 e. The molecule has 0 radical (unpaired) electrons. The number of H-pyrrole nitrogens is 1. The second kappa shape index (κ2) is 3.81. The fourth-order valence-electron chi connectivity index (χ4n) is 1.72. The van der Waals surface area contributed by atoms with Crippen molar-refractivity contribution in [2.45, 2.75) is 18.9 Å². The highest BCUT2D eigenvalue weighted by Crippen LogP contribution is 2.38. The van der Waals surface area contributed by atoms with Gasteiger partial charge >= 0.3 is 0 Å². The van der Waals surface area contributed by atoms with E-state index in [0.717, 1.165) is 12.8 Å². The number of rotatable bonds is 3. The number of nitrogens with one attached hydrogen (secondary N) is 1. The first-order valence-corrected chi connectivity index (χ1v) is 5.53. The topological polar surface area (TPSA) is 97.8 Å². The van der Waals surface area contributed by atoms with Gasteiger partial charge in [0.2, 0.25) is 5.56 Å². The second-order valence-electron chi connectivity index (χ2n) is 4.25. The van der Waals surface area contributed by atoms with Gasteiger partial charge in [-0.05, 0) is 24.8 Å². The molecule has 2 heterocycles. The Morgan fingerprint density at radius 2 is 2.29 bits per heavy atom. The van der Waals surface area contributed by atoms with Crippen LogP contribution in [0.5, 0.6) is 0 Å². The van der Waals surface area contributed by atoms with Gasteiger partial charge in [-0.15, -0.1) is 0 Å². The number of pyridine rings is 1. The van der Waals surface area contributed by atoms with Crippen molar-refractivity contribution in [2.24, 2.45) is 11.7 Å². The summed E-state index contributed by atoms with van der Waals surface area (Å²) in [5.74, 6) is 1.27. The largest absolute Gasteiger partial charge is 0.332 e. The van der Waals surface area contributed by atoms with Crippen LogP contribution >= 0.6 is 0 Å². The van der Waals surface area contributed by atoms with E-state index < -0.39 is 0 Å². The van der Waals surface area contributed by atoms with Gasteiger partial charge < -0.3 is 15.2 Å². The molecule has 2 aromatic rings. The Labute approximate surface area is 96.8 Å². The van der Waals surface area contributed by atoms with Crippen LogP contribution in [0.15, 0.2) is 27.5 Å². The molecule has 3 N–H and O–H groups in total. The molecule has 88 valence electrons. The van der Waals surface area contributed by atoms with Crippen LogP contribution in [0, 0.1) is 5.92 Å². The van der Waals surface area contributed by atoms with E-state index in [9.17, 15) is 4.79 Å². The van der Waals surface area contributed by atoms with E-state index in [-0.39, 0.29) is 11.6 Å². The van der Waals surface area contributed by atoms with Crippen LogP contribution < -0.4 is 11.3 Å². The number of hydrogen-bond acceptors (Lipinski definition) is 5. The van der Waals surface area contributed by atoms with Gasteiger partial charge in [0.15, 0.2) is 5.82 Å². The van der Waals surface area contributed by atoms with Crippen molar-refractivity contribution in [3.63, 3.8) is 0 Å². The Hall–Kier alpha value is -1.95. The smallest absolute Gasteiger partial charge is 0.274 e. The lowest BCUT2D eigenvalue weighted by molar-refractivity contribution is 0.410. The maximum Gasteiger partial charge on any atom is 0.274 e. The minimum atomic E-state index is -0.200. The summed E-state index contributed by atoms with van der Waals surface area (Å²) in [6, 6.07) is 4.61. The molecule has 0 saturated heterocycles. The predicted molar refractivity (Wildman–Crippen MR) is 60.0 cm³/mol. The Morgan fingerprint density at radius 1 is 1.47 bits per heavy atom. The molecule has 6 heteroatoms. The van der Waals surface area contributed by atoms with E-state index in [4.69, 9.17) is 10.3 Å². The van der Waals surface area contributed by atoms with Crippen LogP contribution in [0.25, 0.3) is 11.6 Å². The van der Waals surface area contributed by atoms with Crippen LogP contribution in [0.4, 0.5) is 0 Å². The lowest BCUT2D eigenvalue weighted by Gasteiger charge is -2.01. The van der Waals surface area contributed by atoms with Crippen LogP contribution in [0.2, 0.25) is 0 Å². The lowest BCUT2D eigenvalue weighted by Crippen LogP contribution is -2.14. The summed E-state index contributed by atoms with van der Waals surface area (Å²) in [7, 11) is 0. The molecule has 6 nitrogen and oxygen atoms in total. The van der Waals surface area contributed by atoms with Crippen LogP contribution in [0.3, 0.4) is 0 Å². The zero-order valence-electron chi connectivity index (χ0n) is 9.09. The van der Waals surface area contributed by atoms with Gasteiger partial charge in [-0.1, -0.05) is 11.2 Å². The van der Waals surface area contributed by atoms with Crippen LogP contribution in [0.1, 0.15) is 24.7 Å². The van der Waals surface area contributed by atoms with Crippen LogP contribution in [-0.2, 0) is 0 Å². The number of nitrogens with zero attached hydrogens (tertiary/aromatic N) is 2. The van der Waals surface area contributed by atoms with E-state index in [1.807, 2.05) is 0 Å². The van der Waals surface area contributed by atoms with Gasteiger partial charge in [-0.3, -0.25) is 4.79 Å². The standard InChI is InChI=1S/C11H12N4O2/c12-9(6-4-5-6)10-14-11(17-15-10)7-2-1-3-8(16)13-7/h1-3,6,9H,4-5,12H2,(H,13,16). The van der Waals surface area contributed by atoms with Gasteiger partial charge in [0.05, 0.1) is 6.04 Å². The Kier molecular flexibility index (Phi) is 2.29. The van der Waals surface area contributed by atoms with Gasteiger partial charge in [-0.2, -0.15) is 4.98 Å². The summed E-state index contributed by atoms with van der Waals surface area (Å²) in [6.07, 6.45) is 2.24. The van der Waals surface area contributed by atoms with E-state index in [1.54, 1.807) is 12.1 Å². The molecular weight excluding hydrogens is 220 g/mol. The Morgan fingerprint density at radius 3 is 3.00 bits per heavy atom. The van der Waals surface area contributed by atoms with Gasteiger partial charge in [0.1, 0.15) is 5.69 Å². The number of aromatic amines is 1. The molecule has 1 aliphatic rings. The van der Waals surface area contributed by atoms with Crippen molar-refractivity contribution in [1.82, 2.24) is 15.1 Å². The van der Waals surface area contributed by atoms with Crippen molar-refractivity contribution in [3.05, 3.63) is 34.4 Å². The van der Waals surface area contributed by atoms with Crippen LogP contribution in [-0.4, -0.2) is 15.1 Å². The summed E-state index contributed by atoms with van der Waals surface area (Å²) in [4.78, 5) is 18.0. The quantitative estimate of drug-likeness (QED) is 0.816. The van der Waals surface area contributed by atoms with E-state index in [2.05, 4.69) is 15.1 Å². The van der Waals surface area contributed by atoms with Gasteiger partial charge in [-0.25, -0.2) is 0 Å². The minimum absolute atomic E-state index is 0.164. The fourth-order valence-corrected chi connectivity index (χ4v) is 1.72. The molecule has 1 saturated carbocycles. The Bertz CT molecular complexity index is 585. The summed E-state index contributed by atoms with van der Waals surface area (Å²) in [5, 5.41) is 3.85. The van der Waals surface area contributed by atoms with Crippen molar-refractivity contribution in [1.29, 1.82) is 0 Å². The summed E-state index contributed by atoms with van der Waals surface area (Å²) in [5.41, 5.74) is 6.28. The molecule has 1 unspecified atom stereocenters. The first-order chi connectivity index (χ1) is 8.24. The third kappa shape index (κ3) is 1.99. The molecule has 2 aromatic heterocycles. The van der Waals surface area contributed by atoms with Gasteiger partial charge in [0, 0.05) is 6.07 Å². The highest BCUT2D eigenvalue weighted by Gasteiger charge is 2.32. The third-order valence-electron chi connectivity index (χ3n) is 2.87. The molecule has 0 aliphatic heterocycles. The molecule has 0 bridgehead atoms. The Balaban J connectivity index is 1.91. The molecule has 3 rings (SSSR count). The van der Waals surface area contributed by atoms with E-state index >= 15 is 0 Å². The summed E-state index contributed by atoms with van der Waals surface area (Å²) >= 11 is 0. The van der Waals surface area contributed by atoms with Gasteiger partial charge in [0.25, 0.3) is 5.89 Å². The highest BCUT2D eigenvalue weighted by molar-refractivity contribution is 5.45. The molecule has 1 aliphatic carbocycles. The normalized spacial score (nSPS) is 17.0. The maximum atomic E-state index is 11.2. The van der Waals surface area contributed by atoms with Crippen molar-refractivity contribution in [2.75, 3.05) is 0 Å². The highest BCUT2D eigenvalue weighted by atomic mass is 16.5. The molecule has 17 heavy (non-hydrogen) atoms. The van der Waals surface area contributed by atoms with E-state index in [1.165, 1.54) is 6.07 Å². The first kappa shape index (κ1) is 10.2. The van der Waals surface area contributed by atoms with Crippen molar-refractivity contribution >= 4 is 0 Å². The SMILES string of the molecule is NC(c1noc(-c2cccc(=O)[nH]2)n1)C1CC1. The summed E-state index contributed by atoms with van der Waals surface area (Å²) in [6.45, 7) is 0. The maximum absolute atomic E-state index is 11.2. The van der Waals surface area contributed by atoms with Crippen molar-refractivity contribution in [3.8, 4) is 11.6 Å². The predicted octanol–water partition coefficient (Wildman–Crippen LogP) is 0.835. The molecule has 1 atom stereocenters. The molecular formula is C11H12N4O2. The number of aromatic nitrogens is 3. The summed E-state index contributed by atoms with van der Waals surface area (Å²) < 4.78 is 5.09. The number of hydrogen-bond donors (Lipinski definition) is 2. The zero-order chi connectivity index (χ0) is 11.8. The average Bonchev–Trinajstić information content (AvgIpc) is 3.05. The molecule has 0 amide bonds. The third-order valence-corrected chi connectivity index (χ3v) is 2.87. The zero-order valence-corrected chi connectivity index (χ0v) is 9.09. The fraction of sp³-hybridized carbons (Fsp3) is 0.364. The first-order valence-electron chi connectivity index (χ1n) is 5.53. The average molecular weight is 232 g/mol. The molecule has 0 aromatic carbocycles. The molecule has 1 fully saturated rings. The molecule has 0 spiro atoms. The van der Waals surface area contributed by atoms with E-state index in [0.29, 0.717) is 23.3 Å². The monoisotopic (exact) mass is 232 g/mol. The second-order valence-corrected chi connectivity index (χ2v) is 4.25.